The molecule has 0 fully saturated rings. The van der Waals surface area contributed by atoms with E-state index in [2.05, 4.69) is 26.0 Å². The van der Waals surface area contributed by atoms with Crippen LogP contribution in [-0.2, 0) is 4.74 Å². The lowest BCUT2D eigenvalue weighted by Gasteiger charge is -2.46. The Labute approximate surface area is 162 Å². The van der Waals surface area contributed by atoms with Crippen molar-refractivity contribution < 1.29 is 14.3 Å². The molecule has 1 aromatic heterocycles. The van der Waals surface area contributed by atoms with Crippen LogP contribution >= 0.6 is 0 Å². The monoisotopic (exact) mass is 369 g/mol. The Morgan fingerprint density at radius 3 is 2.64 bits per heavy atom. The number of ether oxygens (including phenoxy) is 2. The van der Waals surface area contributed by atoms with Gasteiger partial charge in [0.2, 0.25) is 5.88 Å². The van der Waals surface area contributed by atoms with Crippen molar-refractivity contribution in [3.8, 4) is 5.88 Å². The Balaban J connectivity index is 1.63. The van der Waals surface area contributed by atoms with Crippen LogP contribution in [0.5, 0.6) is 5.88 Å². The van der Waals surface area contributed by atoms with E-state index < -0.39 is 5.60 Å². The number of hydrogen-bond acceptors (Lipinski definition) is 4. The second-order valence-electron chi connectivity index (χ2n) is 8.29. The van der Waals surface area contributed by atoms with Crippen LogP contribution in [0, 0.1) is 5.92 Å². The minimum atomic E-state index is -0.454. The molecule has 0 saturated carbocycles. The van der Waals surface area contributed by atoms with Gasteiger partial charge in [0.25, 0.3) is 0 Å². The maximum atomic E-state index is 13.4. The molecule has 0 amide bonds. The maximum Gasteiger partial charge on any atom is 0.217 e. The van der Waals surface area contributed by atoms with Gasteiger partial charge in [-0.25, -0.2) is 4.98 Å². The lowest BCUT2D eigenvalue weighted by molar-refractivity contribution is -0.0319. The number of fused-ring (bicyclic) bond motifs is 7. The summed E-state index contributed by atoms with van der Waals surface area (Å²) in [4.78, 5) is 18.1. The van der Waals surface area contributed by atoms with Gasteiger partial charge in [-0.2, -0.15) is 0 Å². The van der Waals surface area contributed by atoms with Gasteiger partial charge in [-0.3, -0.25) is 4.79 Å². The SMILES string of the molecule is CC1(C)OC2=C(C(=O)c3ccccc32)[C@@H]2c3cc4ccccc4nc3OC[C@@H]21. The van der Waals surface area contributed by atoms with Crippen molar-refractivity contribution in [2.45, 2.75) is 25.4 Å². The normalized spacial score (nSPS) is 24.0. The Morgan fingerprint density at radius 1 is 1.04 bits per heavy atom. The van der Waals surface area contributed by atoms with Crippen LogP contribution in [0.25, 0.3) is 16.7 Å². The molecule has 4 nitrogen and oxygen atoms in total. The summed E-state index contributed by atoms with van der Waals surface area (Å²) in [7, 11) is 0. The van der Waals surface area contributed by atoms with E-state index in [1.165, 1.54) is 0 Å². The Bertz CT molecular complexity index is 1210. The summed E-state index contributed by atoms with van der Waals surface area (Å²) < 4.78 is 12.5. The zero-order chi connectivity index (χ0) is 19.0. The van der Waals surface area contributed by atoms with E-state index in [-0.39, 0.29) is 17.6 Å². The van der Waals surface area contributed by atoms with Crippen LogP contribution in [0.15, 0.2) is 60.2 Å². The molecule has 2 aliphatic heterocycles. The summed E-state index contributed by atoms with van der Waals surface area (Å²) in [5.74, 6) is 1.39. The molecule has 28 heavy (non-hydrogen) atoms. The number of hydrogen-bond donors (Lipinski definition) is 0. The summed E-state index contributed by atoms with van der Waals surface area (Å²) in [6.07, 6.45) is 0. The zero-order valence-corrected chi connectivity index (χ0v) is 15.7. The highest BCUT2D eigenvalue weighted by Crippen LogP contribution is 2.56. The lowest BCUT2D eigenvalue weighted by Crippen LogP contribution is -2.47. The van der Waals surface area contributed by atoms with E-state index in [1.807, 2.05) is 42.5 Å². The molecule has 2 atom stereocenters. The number of rotatable bonds is 0. The molecule has 3 heterocycles. The summed E-state index contributed by atoms with van der Waals surface area (Å²) in [6, 6.07) is 17.9. The highest BCUT2D eigenvalue weighted by atomic mass is 16.5. The molecule has 3 aromatic rings. The van der Waals surface area contributed by atoms with E-state index in [0.29, 0.717) is 12.5 Å². The topological polar surface area (TPSA) is 48.4 Å². The molecule has 0 saturated heterocycles. The van der Waals surface area contributed by atoms with Crippen LogP contribution in [-0.4, -0.2) is 23.0 Å². The van der Waals surface area contributed by atoms with Crippen molar-refractivity contribution in [1.82, 2.24) is 4.98 Å². The average Bonchev–Trinajstić information content (AvgIpc) is 2.97. The molecule has 0 N–H and O–H groups in total. The van der Waals surface area contributed by atoms with Gasteiger partial charge in [0.1, 0.15) is 11.4 Å². The molecule has 0 unspecified atom stereocenters. The predicted octanol–water partition coefficient (Wildman–Crippen LogP) is 4.74. The molecule has 2 aromatic carbocycles. The summed E-state index contributed by atoms with van der Waals surface area (Å²) >= 11 is 0. The van der Waals surface area contributed by atoms with Crippen LogP contribution in [0.2, 0.25) is 0 Å². The number of benzene rings is 2. The first kappa shape index (κ1) is 15.9. The number of aromatic nitrogens is 1. The maximum absolute atomic E-state index is 13.4. The molecule has 1 aliphatic carbocycles. The third kappa shape index (κ3) is 1.95. The summed E-state index contributed by atoms with van der Waals surface area (Å²) in [6.45, 7) is 4.65. The minimum Gasteiger partial charge on any atom is -0.486 e. The van der Waals surface area contributed by atoms with E-state index in [9.17, 15) is 4.79 Å². The molecule has 0 radical (unpaired) electrons. The average molecular weight is 369 g/mol. The smallest absolute Gasteiger partial charge is 0.217 e. The third-order valence-corrected chi connectivity index (χ3v) is 6.33. The fraction of sp³-hybridized carbons (Fsp3) is 0.250. The van der Waals surface area contributed by atoms with Gasteiger partial charge in [0, 0.05) is 33.9 Å². The highest BCUT2D eigenvalue weighted by molar-refractivity contribution is 6.21. The Morgan fingerprint density at radius 2 is 1.79 bits per heavy atom. The van der Waals surface area contributed by atoms with Crippen molar-refractivity contribution >= 4 is 22.4 Å². The van der Waals surface area contributed by atoms with Gasteiger partial charge >= 0.3 is 0 Å². The molecule has 0 bridgehead atoms. The molecule has 0 spiro atoms. The fourth-order valence-electron chi connectivity index (χ4n) is 4.90. The molecule has 6 rings (SSSR count). The Hall–Kier alpha value is -3.14. The van der Waals surface area contributed by atoms with Gasteiger partial charge < -0.3 is 9.47 Å². The highest BCUT2D eigenvalue weighted by Gasteiger charge is 2.53. The number of pyridine rings is 1. The van der Waals surface area contributed by atoms with Gasteiger partial charge in [-0.05, 0) is 26.0 Å². The lowest BCUT2D eigenvalue weighted by atomic mass is 9.70. The molecule has 138 valence electrons. The van der Waals surface area contributed by atoms with E-state index in [1.54, 1.807) is 0 Å². The van der Waals surface area contributed by atoms with Gasteiger partial charge in [-0.1, -0.05) is 42.5 Å². The van der Waals surface area contributed by atoms with Gasteiger partial charge in [0.15, 0.2) is 5.78 Å². The number of carbonyl (C=O) groups is 1. The van der Waals surface area contributed by atoms with E-state index >= 15 is 0 Å². The van der Waals surface area contributed by atoms with Crippen LogP contribution in [0.1, 0.15) is 41.3 Å². The van der Waals surface area contributed by atoms with Gasteiger partial charge in [0.05, 0.1) is 17.7 Å². The van der Waals surface area contributed by atoms with Crippen molar-refractivity contribution in [3.05, 3.63) is 76.9 Å². The van der Waals surface area contributed by atoms with Crippen LogP contribution in [0.3, 0.4) is 0 Å². The number of ketones is 1. The largest absolute Gasteiger partial charge is 0.486 e. The van der Waals surface area contributed by atoms with Crippen molar-refractivity contribution in [1.29, 1.82) is 0 Å². The number of para-hydroxylation sites is 1. The van der Waals surface area contributed by atoms with Crippen LogP contribution < -0.4 is 4.74 Å². The molecular weight excluding hydrogens is 350 g/mol. The quantitative estimate of drug-likeness (QED) is 0.574. The fourth-order valence-corrected chi connectivity index (χ4v) is 4.90. The number of nitrogens with zero attached hydrogens (tertiary/aromatic N) is 1. The third-order valence-electron chi connectivity index (χ3n) is 6.33. The standard InChI is InChI=1S/C24H19NO3/c1-24(2)17-12-27-23-16(11-13-7-3-6-10-18(13)25-23)19(17)20-21(26)14-8-4-5-9-15(14)22(20)28-24/h3-11,17,19H,12H2,1-2H3/t17-,19+/m0/s1. The van der Waals surface area contributed by atoms with E-state index in [4.69, 9.17) is 14.5 Å². The second kappa shape index (κ2) is 5.22. The van der Waals surface area contributed by atoms with Gasteiger partial charge in [-0.15, -0.1) is 0 Å². The number of Topliss-reactive ketones (excluding diaryl/α,β-unsaturated/α-hetero) is 1. The molecule has 3 aliphatic rings. The van der Waals surface area contributed by atoms with E-state index in [0.717, 1.165) is 38.9 Å². The number of carbonyl (C=O) groups excluding carboxylic acids is 1. The first-order chi connectivity index (χ1) is 13.5. The zero-order valence-electron chi connectivity index (χ0n) is 15.7. The molecule has 4 heteroatoms. The van der Waals surface area contributed by atoms with Crippen molar-refractivity contribution in [3.63, 3.8) is 0 Å². The first-order valence-corrected chi connectivity index (χ1v) is 9.64. The summed E-state index contributed by atoms with van der Waals surface area (Å²) in [5.41, 5.74) is 3.82. The van der Waals surface area contributed by atoms with Crippen molar-refractivity contribution in [2.75, 3.05) is 6.61 Å². The Kier molecular flexibility index (Phi) is 2.96. The second-order valence-corrected chi connectivity index (χ2v) is 8.29. The van der Waals surface area contributed by atoms with Crippen molar-refractivity contribution in [2.24, 2.45) is 5.92 Å². The predicted molar refractivity (Wildman–Crippen MR) is 106 cm³/mol. The summed E-state index contributed by atoms with van der Waals surface area (Å²) in [5, 5.41) is 1.06. The van der Waals surface area contributed by atoms with Crippen LogP contribution in [0.4, 0.5) is 0 Å². The molecular formula is C24H19NO3. The number of allylic oxidation sites excluding steroid dienone is 1. The minimum absolute atomic E-state index is 0.0416. The first-order valence-electron chi connectivity index (χ1n) is 9.64.